The molecule has 1 N–H and O–H groups in total. The standard InChI is InChI=1S/C19H23N/c1-5-6-7-15-20-19-13-11-18(12-14-19)17(4)10-8-9-16(2)3/h5-14,20H,1,4,15H2,2-3H3/b7-6-,10-8-. The fraction of sp³-hybridized carbons (Fsp3) is 0.158. The summed E-state index contributed by atoms with van der Waals surface area (Å²) in [6.45, 7) is 12.7. The Hall–Kier alpha value is -2.28. The monoisotopic (exact) mass is 265 g/mol. The van der Waals surface area contributed by atoms with Crippen molar-refractivity contribution in [2.45, 2.75) is 13.8 Å². The van der Waals surface area contributed by atoms with E-state index < -0.39 is 0 Å². The fourth-order valence-corrected chi connectivity index (χ4v) is 1.60. The quantitative estimate of drug-likeness (QED) is 0.653. The van der Waals surface area contributed by atoms with Crippen LogP contribution < -0.4 is 5.32 Å². The zero-order valence-corrected chi connectivity index (χ0v) is 12.4. The van der Waals surface area contributed by atoms with Crippen molar-refractivity contribution in [1.29, 1.82) is 0 Å². The molecule has 1 aromatic rings. The van der Waals surface area contributed by atoms with E-state index in [0.29, 0.717) is 0 Å². The summed E-state index contributed by atoms with van der Waals surface area (Å²) in [7, 11) is 0. The Kier molecular flexibility index (Phi) is 6.91. The van der Waals surface area contributed by atoms with Crippen LogP contribution in [0, 0.1) is 0 Å². The van der Waals surface area contributed by atoms with Crippen molar-refractivity contribution in [2.75, 3.05) is 11.9 Å². The summed E-state index contributed by atoms with van der Waals surface area (Å²) in [5.41, 5.74) is 4.53. The smallest absolute Gasteiger partial charge is 0.0343 e. The van der Waals surface area contributed by atoms with E-state index in [1.807, 2.05) is 24.3 Å². The summed E-state index contributed by atoms with van der Waals surface area (Å²) in [4.78, 5) is 0. The summed E-state index contributed by atoms with van der Waals surface area (Å²) < 4.78 is 0. The first-order chi connectivity index (χ1) is 9.63. The van der Waals surface area contributed by atoms with Gasteiger partial charge >= 0.3 is 0 Å². The Morgan fingerprint density at radius 3 is 2.45 bits per heavy atom. The number of anilines is 1. The molecule has 0 aliphatic heterocycles. The lowest BCUT2D eigenvalue weighted by atomic mass is 10.1. The summed E-state index contributed by atoms with van der Waals surface area (Å²) >= 11 is 0. The van der Waals surface area contributed by atoms with Crippen LogP contribution in [0.5, 0.6) is 0 Å². The van der Waals surface area contributed by atoms with Crippen LogP contribution in [0.2, 0.25) is 0 Å². The Balaban J connectivity index is 2.59. The highest BCUT2D eigenvalue weighted by Gasteiger charge is 1.95. The molecule has 1 heteroatoms. The molecule has 0 unspecified atom stereocenters. The molecule has 20 heavy (non-hydrogen) atoms. The summed E-state index contributed by atoms with van der Waals surface area (Å²) in [5.74, 6) is 0. The van der Waals surface area contributed by atoms with Gasteiger partial charge in [-0.25, -0.2) is 0 Å². The molecule has 0 saturated carbocycles. The molecule has 104 valence electrons. The van der Waals surface area contributed by atoms with Crippen molar-refractivity contribution in [3.63, 3.8) is 0 Å². The highest BCUT2D eigenvalue weighted by Crippen LogP contribution is 2.17. The molecule has 0 spiro atoms. The Morgan fingerprint density at radius 2 is 1.85 bits per heavy atom. The minimum absolute atomic E-state index is 0.798. The first kappa shape index (κ1) is 15.8. The Labute approximate surface area is 122 Å². The van der Waals surface area contributed by atoms with Gasteiger partial charge in [0.05, 0.1) is 0 Å². The molecule has 1 aromatic carbocycles. The van der Waals surface area contributed by atoms with Crippen molar-refractivity contribution in [3.05, 3.63) is 85.0 Å². The molecular weight excluding hydrogens is 242 g/mol. The number of benzene rings is 1. The van der Waals surface area contributed by atoms with Crippen LogP contribution >= 0.6 is 0 Å². The van der Waals surface area contributed by atoms with Gasteiger partial charge in [-0.15, -0.1) is 0 Å². The number of nitrogens with one attached hydrogen (secondary N) is 1. The van der Waals surface area contributed by atoms with E-state index in [1.54, 1.807) is 6.08 Å². The lowest BCUT2D eigenvalue weighted by molar-refractivity contribution is 1.33. The van der Waals surface area contributed by atoms with Crippen molar-refractivity contribution in [3.8, 4) is 0 Å². The van der Waals surface area contributed by atoms with Crippen LogP contribution in [0.4, 0.5) is 5.69 Å². The molecule has 0 bridgehead atoms. The van der Waals surface area contributed by atoms with Crippen molar-refractivity contribution in [1.82, 2.24) is 0 Å². The molecular formula is C19H23N. The maximum Gasteiger partial charge on any atom is 0.0343 e. The average Bonchev–Trinajstić information content (AvgIpc) is 2.44. The highest BCUT2D eigenvalue weighted by molar-refractivity contribution is 5.73. The Bertz CT molecular complexity index is 523. The maximum atomic E-state index is 4.08. The van der Waals surface area contributed by atoms with Crippen LogP contribution in [0.1, 0.15) is 19.4 Å². The number of rotatable bonds is 7. The van der Waals surface area contributed by atoms with Gasteiger partial charge in [0.15, 0.2) is 0 Å². The number of hydrogen-bond donors (Lipinski definition) is 1. The van der Waals surface area contributed by atoms with E-state index >= 15 is 0 Å². The van der Waals surface area contributed by atoms with Crippen molar-refractivity contribution in [2.24, 2.45) is 0 Å². The van der Waals surface area contributed by atoms with E-state index in [0.717, 1.165) is 23.4 Å². The molecule has 1 nitrogen and oxygen atoms in total. The zero-order valence-electron chi connectivity index (χ0n) is 12.4. The lowest BCUT2D eigenvalue weighted by Crippen LogP contribution is -1.97. The van der Waals surface area contributed by atoms with Crippen LogP contribution in [0.25, 0.3) is 5.57 Å². The van der Waals surface area contributed by atoms with E-state index in [1.165, 1.54) is 5.57 Å². The summed E-state index contributed by atoms with van der Waals surface area (Å²) in [6, 6.07) is 8.29. The molecule has 0 atom stereocenters. The SMILES string of the molecule is C=C/C=C\CNc1ccc(C(=C)/C=C\C=C(C)C)cc1. The number of hydrogen-bond acceptors (Lipinski definition) is 1. The fourth-order valence-electron chi connectivity index (χ4n) is 1.60. The molecule has 1 rings (SSSR count). The maximum absolute atomic E-state index is 4.08. The predicted octanol–water partition coefficient (Wildman–Crippen LogP) is 5.38. The normalized spacial score (nSPS) is 10.7. The van der Waals surface area contributed by atoms with Gasteiger partial charge in [0.2, 0.25) is 0 Å². The molecule has 0 aliphatic carbocycles. The second-order valence-corrected chi connectivity index (χ2v) is 4.75. The van der Waals surface area contributed by atoms with Crippen molar-refractivity contribution < 1.29 is 0 Å². The third-order valence-corrected chi connectivity index (χ3v) is 2.68. The number of allylic oxidation sites excluding steroid dienone is 7. The second kappa shape index (κ2) is 8.76. The van der Waals surface area contributed by atoms with E-state index in [9.17, 15) is 0 Å². The van der Waals surface area contributed by atoms with Gasteiger partial charge in [0.1, 0.15) is 0 Å². The third kappa shape index (κ3) is 6.05. The predicted molar refractivity (Wildman–Crippen MR) is 91.9 cm³/mol. The molecule has 0 radical (unpaired) electrons. The Morgan fingerprint density at radius 1 is 1.15 bits per heavy atom. The van der Waals surface area contributed by atoms with Gasteiger partial charge in [-0.3, -0.25) is 0 Å². The first-order valence-electron chi connectivity index (χ1n) is 6.76. The molecule has 0 saturated heterocycles. The largest absolute Gasteiger partial charge is 0.382 e. The topological polar surface area (TPSA) is 12.0 Å². The molecule has 0 aliphatic rings. The van der Waals surface area contributed by atoms with Gasteiger partial charge in [0, 0.05) is 12.2 Å². The van der Waals surface area contributed by atoms with Gasteiger partial charge in [0.25, 0.3) is 0 Å². The second-order valence-electron chi connectivity index (χ2n) is 4.75. The highest BCUT2D eigenvalue weighted by atomic mass is 14.8. The zero-order chi connectivity index (χ0) is 14.8. The van der Waals surface area contributed by atoms with Gasteiger partial charge in [-0.2, -0.15) is 0 Å². The van der Waals surface area contributed by atoms with Crippen molar-refractivity contribution >= 4 is 11.3 Å². The third-order valence-electron chi connectivity index (χ3n) is 2.68. The minimum Gasteiger partial charge on any atom is -0.382 e. The van der Waals surface area contributed by atoms with E-state index in [4.69, 9.17) is 0 Å². The molecule has 0 fully saturated rings. The van der Waals surface area contributed by atoms with Crippen LogP contribution in [0.3, 0.4) is 0 Å². The minimum atomic E-state index is 0.798. The summed E-state index contributed by atoms with van der Waals surface area (Å²) in [6.07, 6.45) is 11.9. The van der Waals surface area contributed by atoms with Crippen LogP contribution in [-0.2, 0) is 0 Å². The van der Waals surface area contributed by atoms with Crippen LogP contribution in [-0.4, -0.2) is 6.54 Å². The first-order valence-corrected chi connectivity index (χ1v) is 6.76. The van der Waals surface area contributed by atoms with Gasteiger partial charge in [-0.1, -0.05) is 67.3 Å². The van der Waals surface area contributed by atoms with E-state index in [-0.39, 0.29) is 0 Å². The van der Waals surface area contributed by atoms with Gasteiger partial charge < -0.3 is 5.32 Å². The molecule has 0 amide bonds. The molecule has 0 aromatic heterocycles. The summed E-state index contributed by atoms with van der Waals surface area (Å²) in [5, 5.41) is 3.31. The van der Waals surface area contributed by atoms with Gasteiger partial charge in [-0.05, 0) is 37.1 Å². The van der Waals surface area contributed by atoms with E-state index in [2.05, 4.69) is 62.7 Å². The lowest BCUT2D eigenvalue weighted by Gasteiger charge is -2.05. The average molecular weight is 265 g/mol. The molecule has 0 heterocycles. The van der Waals surface area contributed by atoms with Crippen LogP contribution in [0.15, 0.2) is 79.5 Å².